The van der Waals surface area contributed by atoms with Crippen LogP contribution in [0.25, 0.3) is 0 Å². The van der Waals surface area contributed by atoms with E-state index in [0.29, 0.717) is 12.0 Å². The van der Waals surface area contributed by atoms with Gasteiger partial charge >= 0.3 is 0 Å². The third kappa shape index (κ3) is 3.55. The molecule has 0 aliphatic rings. The minimum atomic E-state index is 0.423. The van der Waals surface area contributed by atoms with Crippen molar-refractivity contribution in [3.8, 4) is 0 Å². The highest BCUT2D eigenvalue weighted by Gasteiger charge is 2.20. The Bertz CT molecular complexity index is 358. The monoisotopic (exact) mass is 301 g/mol. The fraction of sp³-hybridized carbons (Fsp3) is 0.769. The Labute approximate surface area is 113 Å². The molecule has 0 radical (unpaired) electrons. The predicted molar refractivity (Wildman–Crippen MR) is 76.4 cm³/mol. The molecule has 1 atom stereocenters. The van der Waals surface area contributed by atoms with Gasteiger partial charge in [0.1, 0.15) is 0 Å². The first kappa shape index (κ1) is 14.7. The smallest absolute Gasteiger partial charge is 0.0738 e. The molecule has 98 valence electrons. The van der Waals surface area contributed by atoms with Gasteiger partial charge in [0.05, 0.1) is 21.9 Å². The van der Waals surface area contributed by atoms with Gasteiger partial charge in [0.15, 0.2) is 0 Å². The summed E-state index contributed by atoms with van der Waals surface area (Å²) in [6, 6.07) is 0.423. The number of nitrogens with zero attached hydrogens (tertiary/aromatic N) is 2. The molecule has 0 saturated carbocycles. The van der Waals surface area contributed by atoms with E-state index in [1.54, 1.807) is 0 Å². The zero-order chi connectivity index (χ0) is 13.0. The van der Waals surface area contributed by atoms with Gasteiger partial charge in [0, 0.05) is 6.54 Å². The summed E-state index contributed by atoms with van der Waals surface area (Å²) in [5.74, 6) is 0.573. The maximum Gasteiger partial charge on any atom is 0.0738 e. The van der Waals surface area contributed by atoms with Crippen molar-refractivity contribution in [1.82, 2.24) is 15.1 Å². The van der Waals surface area contributed by atoms with Gasteiger partial charge in [-0.25, -0.2) is 0 Å². The van der Waals surface area contributed by atoms with Crippen molar-refractivity contribution in [2.24, 2.45) is 5.92 Å². The lowest BCUT2D eigenvalue weighted by molar-refractivity contribution is 0.324. The number of hydrogen-bond acceptors (Lipinski definition) is 2. The van der Waals surface area contributed by atoms with Crippen molar-refractivity contribution in [3.05, 3.63) is 15.9 Å². The normalized spacial score (nSPS) is 13.4. The van der Waals surface area contributed by atoms with Gasteiger partial charge in [0.25, 0.3) is 0 Å². The standard InChI is InChI=1S/C13H24BrN3/c1-6-7-15-8-12(9(2)3)17-11(5)13(14)10(4)16-17/h9,12,15H,6-8H2,1-5H3. The Morgan fingerprint density at radius 3 is 2.41 bits per heavy atom. The van der Waals surface area contributed by atoms with Crippen LogP contribution in [0.15, 0.2) is 4.47 Å². The second-order valence-corrected chi connectivity index (χ2v) is 5.74. The van der Waals surface area contributed by atoms with E-state index in [2.05, 4.69) is 58.7 Å². The van der Waals surface area contributed by atoms with Crippen LogP contribution >= 0.6 is 15.9 Å². The number of hydrogen-bond donors (Lipinski definition) is 1. The van der Waals surface area contributed by atoms with E-state index in [0.717, 1.165) is 23.3 Å². The van der Waals surface area contributed by atoms with Crippen molar-refractivity contribution in [1.29, 1.82) is 0 Å². The molecule has 3 nitrogen and oxygen atoms in total. The molecule has 0 aliphatic heterocycles. The maximum absolute atomic E-state index is 4.64. The number of nitrogens with one attached hydrogen (secondary N) is 1. The van der Waals surface area contributed by atoms with E-state index < -0.39 is 0 Å². The Kier molecular flexibility index (Phi) is 5.67. The van der Waals surface area contributed by atoms with E-state index in [1.165, 1.54) is 12.1 Å². The molecule has 1 unspecified atom stereocenters. The van der Waals surface area contributed by atoms with Crippen molar-refractivity contribution < 1.29 is 0 Å². The first-order chi connectivity index (χ1) is 7.99. The van der Waals surface area contributed by atoms with Gasteiger partial charge in [-0.05, 0) is 48.7 Å². The molecule has 0 aromatic carbocycles. The second-order valence-electron chi connectivity index (χ2n) is 4.94. The minimum Gasteiger partial charge on any atom is -0.315 e. The molecule has 0 saturated heterocycles. The third-order valence-corrected chi connectivity index (χ3v) is 4.25. The second kappa shape index (κ2) is 6.55. The summed E-state index contributed by atoms with van der Waals surface area (Å²) in [5.41, 5.74) is 2.29. The Hall–Kier alpha value is -0.350. The van der Waals surface area contributed by atoms with Crippen LogP contribution < -0.4 is 5.32 Å². The predicted octanol–water partition coefficient (Wildman–Crippen LogP) is 3.46. The quantitative estimate of drug-likeness (QED) is 0.816. The average Bonchev–Trinajstić information content (AvgIpc) is 2.52. The first-order valence-corrected chi connectivity index (χ1v) is 7.20. The summed E-state index contributed by atoms with van der Waals surface area (Å²) in [5, 5.41) is 8.13. The summed E-state index contributed by atoms with van der Waals surface area (Å²) in [6.07, 6.45) is 1.17. The summed E-state index contributed by atoms with van der Waals surface area (Å²) in [7, 11) is 0. The molecule has 0 bridgehead atoms. The van der Waals surface area contributed by atoms with Crippen LogP contribution in [0.2, 0.25) is 0 Å². The van der Waals surface area contributed by atoms with Crippen molar-refractivity contribution in [3.63, 3.8) is 0 Å². The van der Waals surface area contributed by atoms with E-state index in [9.17, 15) is 0 Å². The van der Waals surface area contributed by atoms with Gasteiger partial charge in [0.2, 0.25) is 0 Å². The van der Waals surface area contributed by atoms with Crippen molar-refractivity contribution >= 4 is 15.9 Å². The lowest BCUT2D eigenvalue weighted by atomic mass is 10.0. The molecule has 0 amide bonds. The number of aromatic nitrogens is 2. The van der Waals surface area contributed by atoms with Gasteiger partial charge in [-0.3, -0.25) is 4.68 Å². The lowest BCUT2D eigenvalue weighted by Crippen LogP contribution is -2.30. The van der Waals surface area contributed by atoms with Crippen LogP contribution in [0.3, 0.4) is 0 Å². The van der Waals surface area contributed by atoms with Gasteiger partial charge in [-0.1, -0.05) is 20.8 Å². The number of halogens is 1. The third-order valence-electron chi connectivity index (χ3n) is 3.10. The number of rotatable bonds is 6. The van der Waals surface area contributed by atoms with E-state index in [-0.39, 0.29) is 0 Å². The van der Waals surface area contributed by atoms with Crippen LogP contribution in [0.5, 0.6) is 0 Å². The first-order valence-electron chi connectivity index (χ1n) is 6.40. The van der Waals surface area contributed by atoms with Crippen LogP contribution in [-0.2, 0) is 0 Å². The maximum atomic E-state index is 4.64. The Balaban J connectivity index is 2.86. The molecule has 0 aliphatic carbocycles. The Morgan fingerprint density at radius 2 is 2.00 bits per heavy atom. The molecular weight excluding hydrogens is 278 g/mol. The topological polar surface area (TPSA) is 29.9 Å². The van der Waals surface area contributed by atoms with Crippen LogP contribution in [0, 0.1) is 19.8 Å². The molecule has 0 fully saturated rings. The molecule has 17 heavy (non-hydrogen) atoms. The molecule has 0 spiro atoms. The largest absolute Gasteiger partial charge is 0.315 e. The van der Waals surface area contributed by atoms with Crippen molar-refractivity contribution in [2.75, 3.05) is 13.1 Å². The number of aryl methyl sites for hydroxylation is 1. The molecule has 1 aromatic rings. The summed E-state index contributed by atoms with van der Waals surface area (Å²) >= 11 is 3.60. The van der Waals surface area contributed by atoms with Gasteiger partial charge in [-0.2, -0.15) is 5.10 Å². The molecular formula is C13H24BrN3. The molecule has 1 aromatic heterocycles. The van der Waals surface area contributed by atoms with E-state index in [1.807, 2.05) is 6.92 Å². The van der Waals surface area contributed by atoms with Gasteiger partial charge < -0.3 is 5.32 Å². The summed E-state index contributed by atoms with van der Waals surface area (Å²) in [4.78, 5) is 0. The van der Waals surface area contributed by atoms with Crippen LogP contribution in [0.4, 0.5) is 0 Å². The van der Waals surface area contributed by atoms with Crippen LogP contribution in [0.1, 0.15) is 44.6 Å². The molecule has 4 heteroatoms. The molecule has 1 N–H and O–H groups in total. The fourth-order valence-corrected chi connectivity index (χ4v) is 2.26. The van der Waals surface area contributed by atoms with Crippen molar-refractivity contribution in [2.45, 2.75) is 47.1 Å². The molecule has 1 rings (SSSR count). The highest BCUT2D eigenvalue weighted by molar-refractivity contribution is 9.10. The SMILES string of the molecule is CCCNCC(C(C)C)n1nc(C)c(Br)c1C. The van der Waals surface area contributed by atoms with Gasteiger partial charge in [-0.15, -0.1) is 0 Å². The summed E-state index contributed by atoms with van der Waals surface area (Å²) in [6.45, 7) is 12.9. The van der Waals surface area contributed by atoms with E-state index in [4.69, 9.17) is 0 Å². The lowest BCUT2D eigenvalue weighted by Gasteiger charge is -2.23. The fourth-order valence-electron chi connectivity index (χ4n) is 2.00. The highest BCUT2D eigenvalue weighted by Crippen LogP contribution is 2.25. The molecule has 1 heterocycles. The summed E-state index contributed by atoms with van der Waals surface area (Å²) < 4.78 is 3.30. The minimum absolute atomic E-state index is 0.423. The average molecular weight is 302 g/mol. The highest BCUT2D eigenvalue weighted by atomic mass is 79.9. The zero-order valence-electron chi connectivity index (χ0n) is 11.5. The Morgan fingerprint density at radius 1 is 1.35 bits per heavy atom. The zero-order valence-corrected chi connectivity index (χ0v) is 13.1. The van der Waals surface area contributed by atoms with E-state index >= 15 is 0 Å². The van der Waals surface area contributed by atoms with Crippen LogP contribution in [-0.4, -0.2) is 22.9 Å².